The summed E-state index contributed by atoms with van der Waals surface area (Å²) < 4.78 is 9.76. The van der Waals surface area contributed by atoms with Crippen molar-refractivity contribution in [3.63, 3.8) is 0 Å². The molecule has 0 fully saturated rings. The zero-order valence-corrected chi connectivity index (χ0v) is 18.4. The predicted octanol–water partition coefficient (Wildman–Crippen LogP) is 2.19. The van der Waals surface area contributed by atoms with Crippen molar-refractivity contribution in [1.29, 1.82) is 5.26 Å². The number of methoxy groups -OCH3 is 2. The van der Waals surface area contributed by atoms with Crippen molar-refractivity contribution in [2.24, 2.45) is 5.73 Å². The average Bonchev–Trinajstić information content (AvgIpc) is 2.86. The Morgan fingerprint density at radius 1 is 1.11 bits per heavy atom. The predicted molar refractivity (Wildman–Crippen MR) is 120 cm³/mol. The van der Waals surface area contributed by atoms with Gasteiger partial charge in [-0.15, -0.1) is 0 Å². The molecule has 0 amide bonds. The minimum atomic E-state index is -1.49. The fraction of sp³-hybridized carbons (Fsp3) is 0.130. The molecule has 1 aliphatic heterocycles. The summed E-state index contributed by atoms with van der Waals surface area (Å²) in [5.74, 6) is -5.06. The van der Waals surface area contributed by atoms with Crippen LogP contribution in [0.15, 0.2) is 71.2 Å². The van der Waals surface area contributed by atoms with Gasteiger partial charge >= 0.3 is 17.9 Å². The van der Waals surface area contributed by atoms with Gasteiger partial charge in [0.1, 0.15) is 11.5 Å². The number of nitriles is 1. The van der Waals surface area contributed by atoms with Crippen LogP contribution in [0.25, 0.3) is 0 Å². The first-order chi connectivity index (χ1) is 16.7. The summed E-state index contributed by atoms with van der Waals surface area (Å²) in [6.45, 7) is 0. The largest absolute Gasteiger partial charge is 0.478 e. The third-order valence-electron chi connectivity index (χ3n) is 5.23. The fourth-order valence-electron chi connectivity index (χ4n) is 3.73. The molecule has 2 aromatic carbocycles. The van der Waals surface area contributed by atoms with E-state index in [1.165, 1.54) is 0 Å². The Balaban J connectivity index is 2.47. The van der Waals surface area contributed by atoms with Crippen molar-refractivity contribution >= 4 is 29.3 Å². The van der Waals surface area contributed by atoms with Crippen molar-refractivity contribution in [2.75, 3.05) is 19.1 Å². The van der Waals surface area contributed by atoms with Gasteiger partial charge in [-0.05, 0) is 11.6 Å². The molecule has 35 heavy (non-hydrogen) atoms. The molecule has 0 bridgehead atoms. The molecule has 1 atom stereocenters. The lowest BCUT2D eigenvalue weighted by Crippen LogP contribution is -2.40. The lowest BCUT2D eigenvalue weighted by atomic mass is 9.81. The summed E-state index contributed by atoms with van der Waals surface area (Å²) in [5, 5.41) is 30.9. The van der Waals surface area contributed by atoms with Crippen LogP contribution in [0.5, 0.6) is 0 Å². The Kier molecular flexibility index (Phi) is 6.82. The third kappa shape index (κ3) is 4.38. The zero-order valence-electron chi connectivity index (χ0n) is 18.4. The number of allylic oxidation sites excluding steroid dienone is 1. The molecule has 178 valence electrons. The van der Waals surface area contributed by atoms with Gasteiger partial charge in [0.05, 0.1) is 53.5 Å². The van der Waals surface area contributed by atoms with Crippen LogP contribution >= 0.6 is 0 Å². The van der Waals surface area contributed by atoms with Gasteiger partial charge in [-0.25, -0.2) is 14.4 Å². The maximum Gasteiger partial charge on any atom is 0.355 e. The standard InChI is InChI=1S/C23H18N4O8/c1-34-22(30)18-17(12-6-4-3-5-7-12)16(11-24)20(25)26(19(18)23(31)35-2)14-8-13(21(28)29)9-15(10-14)27(32)33/h3-10,17H,25H2,1-2H3,(H,28,29). The van der Waals surface area contributed by atoms with Crippen molar-refractivity contribution in [2.45, 2.75) is 5.92 Å². The average molecular weight is 478 g/mol. The number of nitro benzene ring substituents is 1. The van der Waals surface area contributed by atoms with E-state index in [1.54, 1.807) is 30.3 Å². The number of carboxylic acids is 1. The second-order valence-corrected chi connectivity index (χ2v) is 7.14. The molecule has 0 spiro atoms. The first-order valence-electron chi connectivity index (χ1n) is 9.84. The lowest BCUT2D eigenvalue weighted by molar-refractivity contribution is -0.384. The first kappa shape index (κ1) is 24.5. The molecular weight excluding hydrogens is 460 g/mol. The minimum Gasteiger partial charge on any atom is -0.478 e. The Bertz CT molecular complexity index is 1310. The number of benzene rings is 2. The SMILES string of the molecule is COC(=O)C1=C(C(=O)OC)N(c2cc(C(=O)O)cc([N+](=O)[O-])c2)C(N)=C(C#N)C1c1ccccc1. The van der Waals surface area contributed by atoms with Crippen LogP contribution in [-0.4, -0.2) is 42.2 Å². The smallest absolute Gasteiger partial charge is 0.355 e. The topological polar surface area (TPSA) is 186 Å². The fourth-order valence-corrected chi connectivity index (χ4v) is 3.73. The summed E-state index contributed by atoms with van der Waals surface area (Å²) >= 11 is 0. The number of carboxylic acid groups (broad SMARTS) is 1. The normalized spacial score (nSPS) is 15.3. The number of carbonyl (C=O) groups excluding carboxylic acids is 2. The summed E-state index contributed by atoms with van der Waals surface area (Å²) in [6, 6.07) is 12.9. The van der Waals surface area contributed by atoms with Gasteiger partial charge < -0.3 is 20.3 Å². The molecule has 0 saturated carbocycles. The number of anilines is 1. The summed E-state index contributed by atoms with van der Waals surface area (Å²) in [6.07, 6.45) is 0. The quantitative estimate of drug-likeness (QED) is 0.352. The second-order valence-electron chi connectivity index (χ2n) is 7.14. The molecule has 0 aromatic heterocycles. The molecule has 0 saturated heterocycles. The van der Waals surface area contributed by atoms with Crippen molar-refractivity contribution < 1.29 is 33.9 Å². The lowest BCUT2D eigenvalue weighted by Gasteiger charge is -2.35. The van der Waals surface area contributed by atoms with E-state index < -0.39 is 45.7 Å². The number of rotatable bonds is 6. The van der Waals surface area contributed by atoms with Crippen LogP contribution < -0.4 is 10.6 Å². The molecule has 3 N–H and O–H groups in total. The monoisotopic (exact) mass is 478 g/mol. The minimum absolute atomic E-state index is 0.173. The molecule has 1 unspecified atom stereocenters. The van der Waals surface area contributed by atoms with Crippen molar-refractivity contribution in [3.05, 3.63) is 92.4 Å². The number of aromatic carboxylic acids is 1. The van der Waals surface area contributed by atoms with Crippen molar-refractivity contribution in [3.8, 4) is 6.07 Å². The molecule has 12 nitrogen and oxygen atoms in total. The van der Waals surface area contributed by atoms with Crippen molar-refractivity contribution in [1.82, 2.24) is 0 Å². The first-order valence-corrected chi connectivity index (χ1v) is 9.84. The van der Waals surface area contributed by atoms with Gasteiger partial charge in [0.15, 0.2) is 0 Å². The molecular formula is C23H18N4O8. The van der Waals surface area contributed by atoms with Crippen LogP contribution in [0, 0.1) is 21.4 Å². The van der Waals surface area contributed by atoms with E-state index in [2.05, 4.69) is 0 Å². The van der Waals surface area contributed by atoms with E-state index in [0.717, 1.165) is 37.3 Å². The number of nitrogens with zero attached hydrogens (tertiary/aromatic N) is 3. The highest BCUT2D eigenvalue weighted by Crippen LogP contribution is 2.43. The van der Waals surface area contributed by atoms with Gasteiger partial charge in [0.2, 0.25) is 0 Å². The number of non-ortho nitro benzene ring substituents is 1. The highest BCUT2D eigenvalue weighted by molar-refractivity contribution is 6.06. The molecule has 1 heterocycles. The van der Waals surface area contributed by atoms with Gasteiger partial charge in [-0.1, -0.05) is 30.3 Å². The summed E-state index contributed by atoms with van der Waals surface area (Å²) in [4.78, 5) is 49.1. The number of ether oxygens (including phenoxy) is 2. The molecule has 2 aromatic rings. The molecule has 0 radical (unpaired) electrons. The van der Waals surface area contributed by atoms with Gasteiger partial charge in [-0.2, -0.15) is 5.26 Å². The maximum atomic E-state index is 13.0. The molecule has 12 heteroatoms. The van der Waals surface area contributed by atoms with Crippen LogP contribution in [-0.2, 0) is 19.1 Å². The Labute approximate surface area is 198 Å². The number of hydrogen-bond acceptors (Lipinski definition) is 10. The summed E-state index contributed by atoms with van der Waals surface area (Å²) in [5.41, 5.74) is 4.39. The van der Waals surface area contributed by atoms with E-state index in [-0.39, 0.29) is 22.7 Å². The van der Waals surface area contributed by atoms with E-state index in [0.29, 0.717) is 5.56 Å². The number of nitrogens with two attached hydrogens (primary N) is 1. The molecule has 3 rings (SSSR count). The highest BCUT2D eigenvalue weighted by atomic mass is 16.6. The van der Waals surface area contributed by atoms with E-state index in [1.807, 2.05) is 6.07 Å². The van der Waals surface area contributed by atoms with Crippen LogP contribution in [0.3, 0.4) is 0 Å². The molecule has 0 aliphatic carbocycles. The zero-order chi connectivity index (χ0) is 25.9. The Hall–Kier alpha value is -5.18. The molecule has 1 aliphatic rings. The second kappa shape index (κ2) is 9.75. The third-order valence-corrected chi connectivity index (χ3v) is 5.23. The van der Waals surface area contributed by atoms with Gasteiger partial charge in [0.25, 0.3) is 5.69 Å². The Morgan fingerprint density at radius 2 is 1.74 bits per heavy atom. The van der Waals surface area contributed by atoms with E-state index >= 15 is 0 Å². The van der Waals surface area contributed by atoms with Crippen LogP contribution in [0.4, 0.5) is 11.4 Å². The maximum absolute atomic E-state index is 13.0. The van der Waals surface area contributed by atoms with Crippen LogP contribution in [0.1, 0.15) is 21.8 Å². The van der Waals surface area contributed by atoms with Gasteiger partial charge in [0, 0.05) is 12.1 Å². The number of nitro groups is 1. The Morgan fingerprint density at radius 3 is 2.26 bits per heavy atom. The number of carbonyl (C=O) groups is 3. The van der Waals surface area contributed by atoms with Crippen LogP contribution in [0.2, 0.25) is 0 Å². The van der Waals surface area contributed by atoms with E-state index in [4.69, 9.17) is 15.2 Å². The summed E-state index contributed by atoms with van der Waals surface area (Å²) in [7, 11) is 2.11. The van der Waals surface area contributed by atoms with Gasteiger partial charge in [-0.3, -0.25) is 15.0 Å². The number of esters is 2. The highest BCUT2D eigenvalue weighted by Gasteiger charge is 2.43. The number of hydrogen-bond donors (Lipinski definition) is 2. The van der Waals surface area contributed by atoms with E-state index in [9.17, 15) is 34.9 Å².